The topological polar surface area (TPSA) is 70.8 Å². The maximum atomic E-state index is 10.7. The normalized spacial score (nSPS) is 15.7. The van der Waals surface area contributed by atoms with Crippen molar-refractivity contribution in [2.24, 2.45) is 0 Å². The van der Waals surface area contributed by atoms with Gasteiger partial charge in [0.1, 0.15) is 5.75 Å². The number of nitro benzene ring substituents is 1. The zero-order valence-electron chi connectivity index (χ0n) is 10.8. The van der Waals surface area contributed by atoms with Crippen LogP contribution in [-0.4, -0.2) is 38.0 Å². The first-order valence-electron chi connectivity index (χ1n) is 5.75. The minimum Gasteiger partial charge on any atom is -0.478 e. The fraction of sp³-hybridized carbons (Fsp3) is 0.385. The average Bonchev–Trinajstić information content (AvgIpc) is 2.38. The van der Waals surface area contributed by atoms with Gasteiger partial charge in [-0.15, -0.1) is 0 Å². The molecule has 0 atom stereocenters. The van der Waals surface area contributed by atoms with Gasteiger partial charge in [-0.2, -0.15) is 0 Å². The highest BCUT2D eigenvalue weighted by Gasteiger charge is 2.33. The lowest BCUT2D eigenvalue weighted by Gasteiger charge is -2.33. The van der Waals surface area contributed by atoms with E-state index in [0.717, 1.165) is 0 Å². The van der Waals surface area contributed by atoms with Crippen molar-refractivity contribution in [2.45, 2.75) is 5.60 Å². The molecule has 0 spiro atoms. The molecule has 0 saturated heterocycles. The Labute approximate surface area is 110 Å². The Hall–Kier alpha value is -1.92. The van der Waals surface area contributed by atoms with Gasteiger partial charge >= 0.3 is 0 Å². The van der Waals surface area contributed by atoms with Gasteiger partial charge in [0.05, 0.1) is 18.1 Å². The number of nitro groups is 1. The maximum Gasteiger partial charge on any atom is 0.270 e. The summed E-state index contributed by atoms with van der Waals surface area (Å²) in [4.78, 5) is 10.3. The Balaban J connectivity index is 2.32. The average molecular weight is 265 g/mol. The van der Waals surface area contributed by atoms with Crippen molar-refractivity contribution in [3.05, 3.63) is 40.0 Å². The van der Waals surface area contributed by atoms with E-state index in [9.17, 15) is 10.1 Å². The van der Waals surface area contributed by atoms with E-state index in [1.807, 2.05) is 6.08 Å². The molecule has 0 N–H and O–H groups in total. The second-order valence-electron chi connectivity index (χ2n) is 4.35. The molecule has 0 bridgehead atoms. The molecule has 1 aliphatic heterocycles. The Bertz CT molecular complexity index is 506. The summed E-state index contributed by atoms with van der Waals surface area (Å²) < 4.78 is 16.2. The molecular formula is C13H15NO5. The molecule has 19 heavy (non-hydrogen) atoms. The number of rotatable bonds is 5. The summed E-state index contributed by atoms with van der Waals surface area (Å²) in [5, 5.41) is 10.7. The molecule has 0 fully saturated rings. The molecular weight excluding hydrogens is 250 g/mol. The van der Waals surface area contributed by atoms with Gasteiger partial charge in [0.15, 0.2) is 5.60 Å². The first-order valence-corrected chi connectivity index (χ1v) is 5.75. The van der Waals surface area contributed by atoms with E-state index in [2.05, 4.69) is 0 Å². The number of fused-ring (bicyclic) bond motifs is 1. The summed E-state index contributed by atoms with van der Waals surface area (Å²) in [5.41, 5.74) is 0.0297. The monoisotopic (exact) mass is 265 g/mol. The Morgan fingerprint density at radius 2 is 2.00 bits per heavy atom. The Morgan fingerprint density at radius 1 is 1.32 bits per heavy atom. The summed E-state index contributed by atoms with van der Waals surface area (Å²) in [5.74, 6) is 0.585. The summed E-state index contributed by atoms with van der Waals surface area (Å²) in [7, 11) is 3.17. The fourth-order valence-corrected chi connectivity index (χ4v) is 2.05. The minimum atomic E-state index is -0.688. The molecule has 0 aromatic heterocycles. The minimum absolute atomic E-state index is 0.0398. The second kappa shape index (κ2) is 5.38. The molecule has 6 heteroatoms. The molecule has 0 radical (unpaired) electrons. The summed E-state index contributed by atoms with van der Waals surface area (Å²) in [6, 6.07) is 4.49. The number of hydrogen-bond acceptors (Lipinski definition) is 5. The highest BCUT2D eigenvalue weighted by atomic mass is 16.6. The molecule has 1 heterocycles. The third kappa shape index (κ3) is 2.74. The number of non-ortho nitro benzene ring substituents is 1. The molecule has 1 aromatic carbocycles. The number of benzene rings is 1. The van der Waals surface area contributed by atoms with Crippen LogP contribution in [0.5, 0.6) is 5.75 Å². The second-order valence-corrected chi connectivity index (χ2v) is 4.35. The van der Waals surface area contributed by atoms with Crippen molar-refractivity contribution in [2.75, 3.05) is 27.4 Å². The van der Waals surface area contributed by atoms with Crippen LogP contribution in [0.3, 0.4) is 0 Å². The van der Waals surface area contributed by atoms with Crippen LogP contribution in [0.15, 0.2) is 24.3 Å². The van der Waals surface area contributed by atoms with Crippen LogP contribution in [0, 0.1) is 10.1 Å². The van der Waals surface area contributed by atoms with Gasteiger partial charge in [-0.25, -0.2) is 0 Å². The lowest BCUT2D eigenvalue weighted by molar-refractivity contribution is -0.384. The molecule has 1 aliphatic rings. The zero-order valence-corrected chi connectivity index (χ0v) is 10.8. The van der Waals surface area contributed by atoms with Gasteiger partial charge in [0, 0.05) is 31.9 Å². The third-order valence-corrected chi connectivity index (χ3v) is 2.86. The summed E-state index contributed by atoms with van der Waals surface area (Å²) in [6.07, 6.45) is 3.61. The first-order chi connectivity index (χ1) is 9.10. The summed E-state index contributed by atoms with van der Waals surface area (Å²) >= 11 is 0. The molecule has 6 nitrogen and oxygen atoms in total. The molecule has 0 unspecified atom stereocenters. The van der Waals surface area contributed by atoms with Crippen molar-refractivity contribution in [3.63, 3.8) is 0 Å². The zero-order chi connectivity index (χ0) is 13.9. The number of methoxy groups -OCH3 is 2. The lowest BCUT2D eigenvalue weighted by Crippen LogP contribution is -2.44. The van der Waals surface area contributed by atoms with E-state index >= 15 is 0 Å². The SMILES string of the molecule is COCC1(COC)C=Cc2cc([N+](=O)[O-])ccc2O1. The lowest BCUT2D eigenvalue weighted by atomic mass is 9.99. The number of nitrogens with zero attached hydrogens (tertiary/aromatic N) is 1. The predicted molar refractivity (Wildman–Crippen MR) is 69.2 cm³/mol. The van der Waals surface area contributed by atoms with Gasteiger partial charge in [0.25, 0.3) is 5.69 Å². The summed E-state index contributed by atoms with van der Waals surface area (Å²) in [6.45, 7) is 0.682. The number of hydrogen-bond donors (Lipinski definition) is 0. The van der Waals surface area contributed by atoms with E-state index < -0.39 is 10.5 Å². The molecule has 2 rings (SSSR count). The fourth-order valence-electron chi connectivity index (χ4n) is 2.05. The highest BCUT2D eigenvalue weighted by molar-refractivity contribution is 5.64. The number of ether oxygens (including phenoxy) is 3. The van der Waals surface area contributed by atoms with Crippen molar-refractivity contribution >= 4 is 11.8 Å². The third-order valence-electron chi connectivity index (χ3n) is 2.86. The highest BCUT2D eigenvalue weighted by Crippen LogP contribution is 2.33. The quantitative estimate of drug-likeness (QED) is 0.601. The van der Waals surface area contributed by atoms with Crippen LogP contribution < -0.4 is 4.74 Å². The van der Waals surface area contributed by atoms with Crippen molar-refractivity contribution in [3.8, 4) is 5.75 Å². The smallest absolute Gasteiger partial charge is 0.270 e. The van der Waals surface area contributed by atoms with Gasteiger partial charge in [-0.3, -0.25) is 10.1 Å². The molecule has 0 aliphatic carbocycles. The van der Waals surface area contributed by atoms with Crippen molar-refractivity contribution < 1.29 is 19.1 Å². The Morgan fingerprint density at radius 3 is 2.58 bits per heavy atom. The van der Waals surface area contributed by atoms with Gasteiger partial charge < -0.3 is 14.2 Å². The van der Waals surface area contributed by atoms with Crippen LogP contribution in [0.4, 0.5) is 5.69 Å². The van der Waals surface area contributed by atoms with Gasteiger partial charge in [-0.05, 0) is 12.1 Å². The first kappa shape index (κ1) is 13.5. The predicted octanol–water partition coefficient (Wildman–Crippen LogP) is 2.03. The van der Waals surface area contributed by atoms with Crippen LogP contribution >= 0.6 is 0 Å². The molecule has 0 saturated carbocycles. The van der Waals surface area contributed by atoms with E-state index in [4.69, 9.17) is 14.2 Å². The molecule has 0 amide bonds. The van der Waals surface area contributed by atoms with Crippen molar-refractivity contribution in [1.29, 1.82) is 0 Å². The van der Waals surface area contributed by atoms with E-state index in [0.29, 0.717) is 24.5 Å². The van der Waals surface area contributed by atoms with E-state index in [-0.39, 0.29) is 5.69 Å². The van der Waals surface area contributed by atoms with E-state index in [1.165, 1.54) is 12.1 Å². The van der Waals surface area contributed by atoms with Crippen molar-refractivity contribution in [1.82, 2.24) is 0 Å². The van der Waals surface area contributed by atoms with Crippen LogP contribution in [0.2, 0.25) is 0 Å². The van der Waals surface area contributed by atoms with Gasteiger partial charge in [0.2, 0.25) is 0 Å². The Kier molecular flexibility index (Phi) is 3.82. The van der Waals surface area contributed by atoms with Gasteiger partial charge in [-0.1, -0.05) is 6.08 Å². The molecule has 102 valence electrons. The van der Waals surface area contributed by atoms with Crippen LogP contribution in [0.25, 0.3) is 6.08 Å². The maximum absolute atomic E-state index is 10.7. The largest absolute Gasteiger partial charge is 0.478 e. The van der Waals surface area contributed by atoms with Crippen LogP contribution in [0.1, 0.15) is 5.56 Å². The van der Waals surface area contributed by atoms with Crippen LogP contribution in [-0.2, 0) is 9.47 Å². The standard InChI is InChI=1S/C13H15NO5/c1-17-8-13(9-18-2)6-5-10-7-11(14(15)16)3-4-12(10)19-13/h3-7H,8-9H2,1-2H3. The molecule has 1 aromatic rings. The van der Waals surface area contributed by atoms with E-state index in [1.54, 1.807) is 26.4 Å².